The lowest BCUT2D eigenvalue weighted by Crippen LogP contribution is -2.28. The van der Waals surface area contributed by atoms with E-state index in [1.807, 2.05) is 12.1 Å². The number of hydrogen-bond donors (Lipinski definition) is 1. The Balaban J connectivity index is 1.55. The molecule has 9 heteroatoms. The van der Waals surface area contributed by atoms with Crippen LogP contribution in [0.2, 0.25) is 0 Å². The molecule has 32 heavy (non-hydrogen) atoms. The number of nitrogens with one attached hydrogen (secondary N) is 1. The molecule has 3 aromatic heterocycles. The molecule has 0 atom stereocenters. The average molecular weight is 446 g/mol. The Morgan fingerprint density at radius 1 is 1.19 bits per heavy atom. The summed E-state index contributed by atoms with van der Waals surface area (Å²) in [5.41, 5.74) is 4.25. The summed E-state index contributed by atoms with van der Waals surface area (Å²) in [6.07, 6.45) is 4.82. The summed E-state index contributed by atoms with van der Waals surface area (Å²) < 4.78 is 25.6. The van der Waals surface area contributed by atoms with Gasteiger partial charge in [0.1, 0.15) is 21.2 Å². The second-order valence-electron chi connectivity index (χ2n) is 8.30. The SMILES string of the molecule is O=C1CCNc2c1c(C1CCS(=O)(=O)CC1)nc1c(-c3cnc4c#cccc4c3)cnn21. The number of rotatable bonds is 2. The van der Waals surface area contributed by atoms with Gasteiger partial charge in [0.05, 0.1) is 29.0 Å². The molecule has 0 radical (unpaired) electrons. The van der Waals surface area contributed by atoms with Gasteiger partial charge >= 0.3 is 0 Å². The van der Waals surface area contributed by atoms with Crippen LogP contribution in [0.5, 0.6) is 0 Å². The molecule has 1 aromatic carbocycles. The molecule has 1 fully saturated rings. The zero-order valence-electron chi connectivity index (χ0n) is 17.1. The largest absolute Gasteiger partial charge is 0.369 e. The summed E-state index contributed by atoms with van der Waals surface area (Å²) in [6, 6.07) is 11.6. The van der Waals surface area contributed by atoms with E-state index in [0.717, 1.165) is 22.0 Å². The normalized spacial score (nSPS) is 18.3. The predicted octanol–water partition coefficient (Wildman–Crippen LogP) is 2.84. The van der Waals surface area contributed by atoms with E-state index >= 15 is 0 Å². The molecule has 0 unspecified atom stereocenters. The molecular formula is C23H19N5O3S. The standard InChI is InChI=1S/C23H19N5O3S/c29-19-5-8-24-23-20(19)21(14-6-9-32(30,31)10-7-14)27-22-17(13-26-28(22)23)16-11-15-3-1-2-4-18(15)25-12-16/h1,3,11-14,24H,5-10H2. The Labute approximate surface area is 184 Å². The van der Waals surface area contributed by atoms with E-state index in [2.05, 4.69) is 27.5 Å². The Morgan fingerprint density at radius 3 is 2.88 bits per heavy atom. The summed E-state index contributed by atoms with van der Waals surface area (Å²) in [7, 11) is -3.02. The molecule has 5 heterocycles. The van der Waals surface area contributed by atoms with Crippen LogP contribution in [0.15, 0.2) is 30.6 Å². The van der Waals surface area contributed by atoms with Crippen LogP contribution in [0, 0.1) is 12.1 Å². The lowest BCUT2D eigenvalue weighted by atomic mass is 9.91. The number of Topliss-reactive ketones (excluding diaryl/α,β-unsaturated/α-hetero) is 1. The fourth-order valence-corrected chi connectivity index (χ4v) is 6.12. The molecule has 0 aliphatic carbocycles. The first-order valence-corrected chi connectivity index (χ1v) is 12.4. The van der Waals surface area contributed by atoms with Gasteiger partial charge in [-0.05, 0) is 37.1 Å². The van der Waals surface area contributed by atoms with Crippen molar-refractivity contribution in [2.75, 3.05) is 23.4 Å². The van der Waals surface area contributed by atoms with E-state index < -0.39 is 9.84 Å². The summed E-state index contributed by atoms with van der Waals surface area (Å²) in [4.78, 5) is 22.3. The second kappa shape index (κ2) is 7.00. The van der Waals surface area contributed by atoms with Crippen molar-refractivity contribution in [2.45, 2.75) is 25.2 Å². The van der Waals surface area contributed by atoms with Crippen LogP contribution in [-0.4, -0.2) is 51.8 Å². The van der Waals surface area contributed by atoms with Gasteiger partial charge in [-0.1, -0.05) is 6.07 Å². The van der Waals surface area contributed by atoms with E-state index in [9.17, 15) is 13.2 Å². The highest BCUT2D eigenvalue weighted by Crippen LogP contribution is 2.37. The summed E-state index contributed by atoms with van der Waals surface area (Å²) in [6.45, 7) is 0.530. The number of carbonyl (C=O) groups is 1. The zero-order valence-corrected chi connectivity index (χ0v) is 17.9. The van der Waals surface area contributed by atoms with Crippen LogP contribution < -0.4 is 5.32 Å². The summed E-state index contributed by atoms with van der Waals surface area (Å²) >= 11 is 0. The first kappa shape index (κ1) is 19.2. The van der Waals surface area contributed by atoms with Gasteiger partial charge in [0.2, 0.25) is 0 Å². The van der Waals surface area contributed by atoms with E-state index in [1.54, 1.807) is 23.0 Å². The average Bonchev–Trinajstić information content (AvgIpc) is 3.23. The van der Waals surface area contributed by atoms with Crippen LogP contribution in [-0.2, 0) is 9.84 Å². The smallest absolute Gasteiger partial charge is 0.170 e. The number of hydrogen-bond acceptors (Lipinski definition) is 7. The number of sulfone groups is 1. The van der Waals surface area contributed by atoms with E-state index in [-0.39, 0.29) is 23.2 Å². The third-order valence-electron chi connectivity index (χ3n) is 6.30. The van der Waals surface area contributed by atoms with Crippen LogP contribution in [0.1, 0.15) is 41.2 Å². The minimum Gasteiger partial charge on any atom is -0.369 e. The third kappa shape index (κ3) is 3.02. The molecule has 4 aromatic rings. The lowest BCUT2D eigenvalue weighted by molar-refractivity contribution is 0.0981. The molecule has 1 N–H and O–H groups in total. The van der Waals surface area contributed by atoms with Crippen molar-refractivity contribution in [3.05, 3.63) is 54.0 Å². The Kier molecular flexibility index (Phi) is 4.20. The van der Waals surface area contributed by atoms with Crippen LogP contribution in [0.4, 0.5) is 5.82 Å². The highest BCUT2D eigenvalue weighted by molar-refractivity contribution is 7.91. The summed E-state index contributed by atoms with van der Waals surface area (Å²) in [5.74, 6) is 0.818. The lowest BCUT2D eigenvalue weighted by Gasteiger charge is -2.27. The first-order chi connectivity index (χ1) is 15.5. The first-order valence-electron chi connectivity index (χ1n) is 10.6. The van der Waals surface area contributed by atoms with Crippen molar-refractivity contribution in [3.8, 4) is 11.1 Å². The van der Waals surface area contributed by atoms with Gasteiger partial charge in [0, 0.05) is 41.6 Å². The third-order valence-corrected chi connectivity index (χ3v) is 8.02. The molecule has 6 rings (SSSR count). The maximum atomic E-state index is 12.9. The van der Waals surface area contributed by atoms with Crippen LogP contribution in [0.25, 0.3) is 27.7 Å². The van der Waals surface area contributed by atoms with Gasteiger partial charge in [-0.25, -0.2) is 18.4 Å². The highest BCUT2D eigenvalue weighted by atomic mass is 32.2. The number of carbonyl (C=O) groups excluding carboxylic acids is 1. The number of fused-ring (bicyclic) bond motifs is 4. The van der Waals surface area contributed by atoms with Gasteiger partial charge in [0.25, 0.3) is 0 Å². The van der Waals surface area contributed by atoms with Crippen molar-refractivity contribution in [3.63, 3.8) is 0 Å². The van der Waals surface area contributed by atoms with Crippen LogP contribution >= 0.6 is 0 Å². The fourth-order valence-electron chi connectivity index (χ4n) is 4.63. The van der Waals surface area contributed by atoms with Gasteiger partial charge < -0.3 is 5.32 Å². The maximum Gasteiger partial charge on any atom is 0.170 e. The molecule has 0 bridgehead atoms. The molecule has 2 aliphatic heterocycles. The van der Waals surface area contributed by atoms with E-state index in [1.165, 1.54) is 0 Å². The molecule has 2 aliphatic rings. The Hall–Kier alpha value is -3.51. The molecular weight excluding hydrogens is 426 g/mol. The minimum atomic E-state index is -3.02. The minimum absolute atomic E-state index is 0.0211. The second-order valence-corrected chi connectivity index (χ2v) is 10.6. The molecule has 8 nitrogen and oxygen atoms in total. The molecule has 160 valence electrons. The number of anilines is 1. The van der Waals surface area contributed by atoms with Crippen molar-refractivity contribution < 1.29 is 13.2 Å². The maximum absolute atomic E-state index is 12.9. The van der Waals surface area contributed by atoms with Gasteiger partial charge in [-0.2, -0.15) is 9.61 Å². The fraction of sp³-hybridized carbons (Fsp3) is 0.304. The number of aromatic nitrogens is 4. The molecule has 0 amide bonds. The highest BCUT2D eigenvalue weighted by Gasteiger charge is 2.33. The van der Waals surface area contributed by atoms with Gasteiger partial charge in [0.15, 0.2) is 11.4 Å². The van der Waals surface area contributed by atoms with E-state index in [4.69, 9.17) is 4.98 Å². The van der Waals surface area contributed by atoms with Crippen molar-refractivity contribution in [2.24, 2.45) is 0 Å². The van der Waals surface area contributed by atoms with Crippen molar-refractivity contribution in [1.29, 1.82) is 0 Å². The molecule has 1 saturated heterocycles. The monoisotopic (exact) mass is 445 g/mol. The molecule has 0 spiro atoms. The van der Waals surface area contributed by atoms with E-state index in [0.29, 0.717) is 48.5 Å². The topological polar surface area (TPSA) is 106 Å². The van der Waals surface area contributed by atoms with Crippen molar-refractivity contribution in [1.82, 2.24) is 19.6 Å². The Bertz CT molecular complexity index is 1500. The Morgan fingerprint density at radius 2 is 2.03 bits per heavy atom. The molecule has 0 saturated carbocycles. The number of nitrogens with zero attached hydrogens (tertiary/aromatic N) is 4. The quantitative estimate of drug-likeness (QED) is 0.506. The van der Waals surface area contributed by atoms with Crippen LogP contribution in [0.3, 0.4) is 0 Å². The predicted molar refractivity (Wildman–Crippen MR) is 119 cm³/mol. The van der Waals surface area contributed by atoms with Crippen molar-refractivity contribution >= 4 is 38.0 Å². The number of pyridine rings is 1. The van der Waals surface area contributed by atoms with Gasteiger partial charge in [-0.3, -0.25) is 4.79 Å². The zero-order chi connectivity index (χ0) is 21.9. The summed E-state index contributed by atoms with van der Waals surface area (Å²) in [5, 5.41) is 8.79. The number of ketones is 1. The van der Waals surface area contributed by atoms with Gasteiger partial charge in [-0.15, -0.1) is 0 Å².